The molecule has 5 heteroatoms. The molecule has 106 valence electrons. The molecule has 1 aromatic heterocycles. The zero-order valence-electron chi connectivity index (χ0n) is 10.8. The first-order valence-corrected chi connectivity index (χ1v) is 6.26. The van der Waals surface area contributed by atoms with Crippen LogP contribution in [0.1, 0.15) is 5.56 Å². The molecule has 21 heavy (non-hydrogen) atoms. The maximum Gasteiger partial charge on any atom is 0.416 e. The van der Waals surface area contributed by atoms with Gasteiger partial charge >= 0.3 is 6.18 Å². The monoisotopic (exact) mass is 289 g/mol. The van der Waals surface area contributed by atoms with E-state index < -0.39 is 11.7 Å². The second-order valence-corrected chi connectivity index (χ2v) is 4.65. The first kappa shape index (κ1) is 13.4. The Kier molecular flexibility index (Phi) is 3.05. The summed E-state index contributed by atoms with van der Waals surface area (Å²) in [6.07, 6.45) is -4.38. The second-order valence-electron chi connectivity index (χ2n) is 4.65. The summed E-state index contributed by atoms with van der Waals surface area (Å²) in [6.45, 7) is 0. The average molecular weight is 289 g/mol. The highest BCUT2D eigenvalue weighted by atomic mass is 19.4. The van der Waals surface area contributed by atoms with Crippen molar-refractivity contribution in [3.8, 4) is 11.3 Å². The lowest BCUT2D eigenvalue weighted by Crippen LogP contribution is -2.29. The molecule has 0 fully saturated rings. The molecule has 2 aromatic carbocycles. The van der Waals surface area contributed by atoms with Gasteiger partial charge in [0.2, 0.25) is 11.2 Å². The van der Waals surface area contributed by atoms with Crippen LogP contribution in [0.15, 0.2) is 60.7 Å². The molecule has 0 aliphatic rings. The van der Waals surface area contributed by atoms with E-state index in [1.807, 2.05) is 6.07 Å². The maximum atomic E-state index is 12.5. The number of fused-ring (bicyclic) bond motifs is 1. The van der Waals surface area contributed by atoms with E-state index in [0.29, 0.717) is 16.8 Å². The smallest absolute Gasteiger partial charge is 0.416 e. The van der Waals surface area contributed by atoms with E-state index in [1.54, 1.807) is 30.3 Å². The number of benzene rings is 2. The van der Waals surface area contributed by atoms with Gasteiger partial charge in [-0.05, 0) is 36.4 Å². The van der Waals surface area contributed by atoms with E-state index in [9.17, 15) is 18.4 Å². The number of aromatic nitrogens is 1. The van der Waals surface area contributed by atoms with Crippen LogP contribution in [0.25, 0.3) is 22.2 Å². The van der Waals surface area contributed by atoms with E-state index in [4.69, 9.17) is 0 Å². The molecule has 3 rings (SSSR count). The summed E-state index contributed by atoms with van der Waals surface area (Å²) in [7, 11) is 0. The summed E-state index contributed by atoms with van der Waals surface area (Å²) >= 11 is 0. The zero-order valence-corrected chi connectivity index (χ0v) is 10.8. The Morgan fingerprint density at radius 1 is 0.810 bits per heavy atom. The Balaban J connectivity index is 2.10. The summed E-state index contributed by atoms with van der Waals surface area (Å²) in [4.78, 5) is 0. The minimum Gasteiger partial charge on any atom is -0.618 e. The molecule has 0 spiro atoms. The third-order valence-electron chi connectivity index (χ3n) is 3.30. The predicted octanol–water partition coefficient (Wildman–Crippen LogP) is 4.16. The fourth-order valence-corrected chi connectivity index (χ4v) is 2.22. The first-order valence-electron chi connectivity index (χ1n) is 6.26. The highest BCUT2D eigenvalue weighted by Crippen LogP contribution is 2.30. The van der Waals surface area contributed by atoms with E-state index in [2.05, 4.69) is 0 Å². The average Bonchev–Trinajstić information content (AvgIpc) is 2.47. The van der Waals surface area contributed by atoms with Gasteiger partial charge in [0.15, 0.2) is 0 Å². The van der Waals surface area contributed by atoms with Crippen molar-refractivity contribution in [2.45, 2.75) is 6.18 Å². The van der Waals surface area contributed by atoms with Crippen molar-refractivity contribution in [3.63, 3.8) is 0 Å². The van der Waals surface area contributed by atoms with Crippen LogP contribution in [0.4, 0.5) is 13.2 Å². The van der Waals surface area contributed by atoms with Crippen molar-refractivity contribution in [2.75, 3.05) is 0 Å². The fourth-order valence-electron chi connectivity index (χ4n) is 2.22. The highest BCUT2D eigenvalue weighted by molar-refractivity contribution is 5.77. The molecule has 0 aliphatic heterocycles. The minimum atomic E-state index is -4.38. The molecule has 0 atom stereocenters. The number of halogens is 3. The van der Waals surface area contributed by atoms with Crippen LogP contribution in [0.2, 0.25) is 0 Å². The van der Waals surface area contributed by atoms with Gasteiger partial charge in [-0.1, -0.05) is 12.1 Å². The normalized spacial score (nSPS) is 11.8. The molecule has 2 nitrogen and oxygen atoms in total. The van der Waals surface area contributed by atoms with Gasteiger partial charge in [0.25, 0.3) is 0 Å². The van der Waals surface area contributed by atoms with Crippen molar-refractivity contribution in [3.05, 3.63) is 71.4 Å². The molecule has 0 bridgehead atoms. The van der Waals surface area contributed by atoms with Crippen LogP contribution in [-0.2, 0) is 6.18 Å². The second kappa shape index (κ2) is 4.77. The quantitative estimate of drug-likeness (QED) is 0.488. The lowest BCUT2D eigenvalue weighted by atomic mass is 10.1. The van der Waals surface area contributed by atoms with E-state index >= 15 is 0 Å². The van der Waals surface area contributed by atoms with Gasteiger partial charge in [-0.25, -0.2) is 0 Å². The van der Waals surface area contributed by atoms with Crippen LogP contribution < -0.4 is 4.73 Å². The van der Waals surface area contributed by atoms with Crippen molar-refractivity contribution in [1.82, 2.24) is 0 Å². The number of nitrogens with zero attached hydrogens (tertiary/aromatic N) is 1. The summed E-state index contributed by atoms with van der Waals surface area (Å²) in [6, 6.07) is 15.0. The molecule has 3 aromatic rings. The molecule has 0 unspecified atom stereocenters. The Hall–Kier alpha value is -2.56. The molecule has 1 heterocycles. The Morgan fingerprint density at radius 3 is 2.14 bits per heavy atom. The van der Waals surface area contributed by atoms with Crippen LogP contribution in [-0.4, -0.2) is 0 Å². The van der Waals surface area contributed by atoms with Gasteiger partial charge in [-0.2, -0.15) is 17.9 Å². The third-order valence-corrected chi connectivity index (χ3v) is 3.30. The van der Waals surface area contributed by atoms with E-state index in [-0.39, 0.29) is 0 Å². The van der Waals surface area contributed by atoms with Gasteiger partial charge < -0.3 is 5.21 Å². The molecule has 0 amide bonds. The van der Waals surface area contributed by atoms with Crippen molar-refractivity contribution in [2.24, 2.45) is 0 Å². The number of alkyl halides is 3. The summed E-state index contributed by atoms with van der Waals surface area (Å²) in [5, 5.41) is 13.1. The van der Waals surface area contributed by atoms with E-state index in [1.165, 1.54) is 12.1 Å². The minimum absolute atomic E-state index is 0.322. The summed E-state index contributed by atoms with van der Waals surface area (Å²) in [5.41, 5.74) is 0.519. The number of hydrogen-bond acceptors (Lipinski definition) is 1. The summed E-state index contributed by atoms with van der Waals surface area (Å²) < 4.78 is 38.4. The number of hydrogen-bond donors (Lipinski definition) is 0. The van der Waals surface area contributed by atoms with Crippen LogP contribution >= 0.6 is 0 Å². The van der Waals surface area contributed by atoms with Gasteiger partial charge in [0.05, 0.1) is 5.56 Å². The van der Waals surface area contributed by atoms with Gasteiger partial charge in [-0.3, -0.25) is 0 Å². The standard InChI is InChI=1S/C16H10F3NO/c17-16(18,19)13-8-5-12(6-9-13)15-10-7-11-3-1-2-4-14(11)20(15)21/h1-10H. The fraction of sp³-hybridized carbons (Fsp3) is 0.0625. The lowest BCUT2D eigenvalue weighted by Gasteiger charge is -2.09. The third kappa shape index (κ3) is 2.42. The Labute approximate surface area is 118 Å². The Morgan fingerprint density at radius 2 is 1.48 bits per heavy atom. The van der Waals surface area contributed by atoms with Crippen LogP contribution in [0, 0.1) is 5.21 Å². The van der Waals surface area contributed by atoms with Crippen molar-refractivity contribution in [1.29, 1.82) is 0 Å². The highest BCUT2D eigenvalue weighted by Gasteiger charge is 2.30. The number of pyridine rings is 1. The van der Waals surface area contributed by atoms with Crippen LogP contribution in [0.3, 0.4) is 0 Å². The van der Waals surface area contributed by atoms with Gasteiger partial charge in [-0.15, -0.1) is 0 Å². The first-order chi connectivity index (χ1) is 9.97. The maximum absolute atomic E-state index is 12.5. The molecular weight excluding hydrogens is 279 g/mol. The van der Waals surface area contributed by atoms with Gasteiger partial charge in [0.1, 0.15) is 0 Å². The van der Waals surface area contributed by atoms with Crippen molar-refractivity contribution < 1.29 is 17.9 Å². The molecule has 0 saturated carbocycles. The predicted molar refractivity (Wildman–Crippen MR) is 73.3 cm³/mol. The number of rotatable bonds is 1. The Bertz CT molecular complexity index is 795. The number of para-hydroxylation sites is 1. The van der Waals surface area contributed by atoms with E-state index in [0.717, 1.165) is 22.2 Å². The topological polar surface area (TPSA) is 26.9 Å². The molecular formula is C16H10F3NO. The van der Waals surface area contributed by atoms with Crippen LogP contribution in [0.5, 0.6) is 0 Å². The van der Waals surface area contributed by atoms with Crippen molar-refractivity contribution >= 4 is 10.9 Å². The molecule has 0 aliphatic carbocycles. The zero-order chi connectivity index (χ0) is 15.0. The molecule has 0 N–H and O–H groups in total. The largest absolute Gasteiger partial charge is 0.618 e. The summed E-state index contributed by atoms with van der Waals surface area (Å²) in [5.74, 6) is 0. The molecule has 0 radical (unpaired) electrons. The molecule has 0 saturated heterocycles. The SMILES string of the molecule is [O-][n+]1c(-c2ccc(C(F)(F)F)cc2)ccc2ccccc21. The van der Waals surface area contributed by atoms with Gasteiger partial charge in [0, 0.05) is 23.1 Å². The lowest BCUT2D eigenvalue weighted by molar-refractivity contribution is -0.565.